The lowest BCUT2D eigenvalue weighted by atomic mass is 9.65. The smallest absolute Gasteiger partial charge is 0.416 e. The van der Waals surface area contributed by atoms with Crippen LogP contribution in [0.1, 0.15) is 67.6 Å². The fourth-order valence-electron chi connectivity index (χ4n) is 5.70. The largest absolute Gasteiger partial charge is 0.444 e. The molecular formula is C27H31ClF3N7O3. The molecule has 0 bridgehead atoms. The molecule has 41 heavy (non-hydrogen) atoms. The monoisotopic (exact) mass is 593 g/mol. The van der Waals surface area contributed by atoms with Crippen LogP contribution in [0, 0.1) is 5.41 Å². The van der Waals surface area contributed by atoms with Crippen LogP contribution in [0.2, 0.25) is 5.02 Å². The van der Waals surface area contributed by atoms with Gasteiger partial charge in [-0.2, -0.15) is 23.4 Å². The number of amides is 2. The van der Waals surface area contributed by atoms with Crippen molar-refractivity contribution >= 4 is 29.4 Å². The molecule has 220 valence electrons. The second-order valence-corrected chi connectivity index (χ2v) is 12.3. The number of carbonyl (C=O) groups is 2. The van der Waals surface area contributed by atoms with Crippen LogP contribution in [-0.4, -0.2) is 55.2 Å². The third kappa shape index (κ3) is 5.85. The van der Waals surface area contributed by atoms with Crippen molar-refractivity contribution in [3.8, 4) is 11.3 Å². The average Bonchev–Trinajstić information content (AvgIpc) is 3.53. The van der Waals surface area contributed by atoms with Crippen molar-refractivity contribution in [1.82, 2.24) is 24.5 Å². The van der Waals surface area contributed by atoms with Gasteiger partial charge in [0.05, 0.1) is 24.3 Å². The van der Waals surface area contributed by atoms with E-state index in [1.807, 2.05) is 20.8 Å². The third-order valence-electron chi connectivity index (χ3n) is 7.50. The number of halogens is 4. The number of rotatable bonds is 5. The van der Waals surface area contributed by atoms with Gasteiger partial charge in [0.2, 0.25) is 0 Å². The van der Waals surface area contributed by atoms with Crippen LogP contribution >= 0.6 is 11.6 Å². The number of hydrogen-bond acceptors (Lipinski definition) is 6. The summed E-state index contributed by atoms with van der Waals surface area (Å²) in [5.41, 5.74) is 11.5. The van der Waals surface area contributed by atoms with E-state index in [4.69, 9.17) is 27.8 Å². The highest BCUT2D eigenvalue weighted by Crippen LogP contribution is 2.55. The topological polar surface area (TPSA) is 134 Å². The van der Waals surface area contributed by atoms with Crippen LogP contribution in [0.4, 0.5) is 23.8 Å². The first-order valence-corrected chi connectivity index (χ1v) is 13.5. The molecule has 4 N–H and O–H groups in total. The van der Waals surface area contributed by atoms with E-state index in [1.54, 1.807) is 15.8 Å². The maximum atomic E-state index is 13.2. The van der Waals surface area contributed by atoms with E-state index in [2.05, 4.69) is 10.2 Å². The molecule has 14 heteroatoms. The molecule has 2 aromatic heterocycles. The zero-order chi connectivity index (χ0) is 29.9. The summed E-state index contributed by atoms with van der Waals surface area (Å²) >= 11 is 5.91. The number of hydrogen-bond donors (Lipinski definition) is 2. The average molecular weight is 594 g/mol. The van der Waals surface area contributed by atoms with Gasteiger partial charge >= 0.3 is 12.3 Å². The molecule has 2 fully saturated rings. The summed E-state index contributed by atoms with van der Waals surface area (Å²) in [7, 11) is 0. The van der Waals surface area contributed by atoms with E-state index < -0.39 is 23.2 Å². The first kappa shape index (κ1) is 28.8. The molecule has 1 aliphatic heterocycles. The number of carbonyl (C=O) groups excluding carboxylic acids is 2. The summed E-state index contributed by atoms with van der Waals surface area (Å²) in [6.45, 7) is 6.66. The maximum absolute atomic E-state index is 13.2. The van der Waals surface area contributed by atoms with Crippen molar-refractivity contribution in [2.45, 2.75) is 64.4 Å². The van der Waals surface area contributed by atoms with Crippen molar-refractivity contribution in [2.75, 3.05) is 18.8 Å². The summed E-state index contributed by atoms with van der Waals surface area (Å²) in [4.78, 5) is 26.6. The molecule has 3 aromatic rings. The van der Waals surface area contributed by atoms with Crippen molar-refractivity contribution in [1.29, 1.82) is 0 Å². The lowest BCUT2D eigenvalue weighted by Gasteiger charge is -2.45. The Labute approximate surface area is 239 Å². The van der Waals surface area contributed by atoms with Crippen LogP contribution in [0.15, 0.2) is 30.6 Å². The molecule has 1 saturated carbocycles. The number of nitrogen functional groups attached to an aromatic ring is 1. The van der Waals surface area contributed by atoms with E-state index >= 15 is 0 Å². The van der Waals surface area contributed by atoms with Crippen molar-refractivity contribution in [2.24, 2.45) is 11.1 Å². The van der Waals surface area contributed by atoms with Gasteiger partial charge in [-0.1, -0.05) is 11.6 Å². The van der Waals surface area contributed by atoms with Gasteiger partial charge in [-0.15, -0.1) is 0 Å². The molecule has 2 amide bonds. The SMILES string of the molecule is CC(C)(C)OC(=O)N1CCC2(CC(n3nc(-c4cnn(Cc5cc(Cl)cc(C(F)(F)F)c5)c4)c(C(N)=O)c3N)C2)C1. The van der Waals surface area contributed by atoms with Crippen LogP contribution in [0.25, 0.3) is 11.3 Å². The van der Waals surface area contributed by atoms with Gasteiger partial charge in [0, 0.05) is 29.9 Å². The predicted molar refractivity (Wildman–Crippen MR) is 145 cm³/mol. The van der Waals surface area contributed by atoms with Crippen molar-refractivity contribution < 1.29 is 27.5 Å². The second kappa shape index (κ2) is 9.97. The molecule has 0 atom stereocenters. The lowest BCUT2D eigenvalue weighted by Crippen LogP contribution is -2.43. The number of primary amides is 1. The van der Waals surface area contributed by atoms with Crippen LogP contribution in [-0.2, 0) is 17.5 Å². The Bertz CT molecular complexity index is 1500. The van der Waals surface area contributed by atoms with E-state index in [-0.39, 0.29) is 46.2 Å². The summed E-state index contributed by atoms with van der Waals surface area (Å²) < 4.78 is 48.2. The Morgan fingerprint density at radius 2 is 1.90 bits per heavy atom. The Hall–Kier alpha value is -3.74. The summed E-state index contributed by atoms with van der Waals surface area (Å²) in [6.07, 6.45) is 0.389. The van der Waals surface area contributed by atoms with Crippen LogP contribution in [0.3, 0.4) is 0 Å². The molecule has 1 aromatic carbocycles. The van der Waals surface area contributed by atoms with E-state index in [9.17, 15) is 22.8 Å². The number of ether oxygens (including phenoxy) is 1. The molecule has 0 radical (unpaired) electrons. The van der Waals surface area contributed by atoms with Gasteiger partial charge in [0.25, 0.3) is 5.91 Å². The summed E-state index contributed by atoms with van der Waals surface area (Å²) in [5.74, 6) is -0.626. The Morgan fingerprint density at radius 1 is 1.20 bits per heavy atom. The highest BCUT2D eigenvalue weighted by molar-refractivity contribution is 6.30. The Morgan fingerprint density at radius 3 is 2.54 bits per heavy atom. The minimum absolute atomic E-state index is 0.00499. The quantitative estimate of drug-likeness (QED) is 0.422. The molecule has 1 spiro atoms. The molecule has 10 nitrogen and oxygen atoms in total. The molecule has 1 saturated heterocycles. The van der Waals surface area contributed by atoms with Gasteiger partial charge in [-0.05, 0) is 69.2 Å². The number of anilines is 1. The van der Waals surface area contributed by atoms with Crippen molar-refractivity contribution in [3.63, 3.8) is 0 Å². The fraction of sp³-hybridized carbons (Fsp3) is 0.481. The number of nitrogens with zero attached hydrogens (tertiary/aromatic N) is 5. The summed E-state index contributed by atoms with van der Waals surface area (Å²) in [5, 5.41) is 8.82. The normalized spacial score (nSPS) is 20.9. The zero-order valence-electron chi connectivity index (χ0n) is 22.8. The van der Waals surface area contributed by atoms with Gasteiger partial charge in [0.15, 0.2) is 0 Å². The number of aromatic nitrogens is 4. The molecule has 1 aliphatic carbocycles. The van der Waals surface area contributed by atoms with Gasteiger partial charge in [-0.3, -0.25) is 9.48 Å². The Kier molecular flexibility index (Phi) is 6.99. The maximum Gasteiger partial charge on any atom is 0.416 e. The van der Waals surface area contributed by atoms with Gasteiger partial charge < -0.3 is 21.1 Å². The third-order valence-corrected chi connectivity index (χ3v) is 7.72. The number of benzene rings is 1. The van der Waals surface area contributed by atoms with E-state index in [0.717, 1.165) is 18.6 Å². The van der Waals surface area contributed by atoms with Crippen molar-refractivity contribution in [3.05, 3.63) is 52.3 Å². The Balaban J connectivity index is 1.33. The molecule has 3 heterocycles. The zero-order valence-corrected chi connectivity index (χ0v) is 23.6. The molecule has 0 unspecified atom stereocenters. The number of alkyl halides is 3. The minimum atomic E-state index is -4.54. The number of likely N-dealkylation sites (tertiary alicyclic amines) is 1. The first-order chi connectivity index (χ1) is 19.0. The molecular weight excluding hydrogens is 563 g/mol. The highest BCUT2D eigenvalue weighted by Gasteiger charge is 2.51. The van der Waals surface area contributed by atoms with Crippen LogP contribution < -0.4 is 11.5 Å². The standard InChI is InChI=1S/C27H31ClF3N7O3/c1-25(2,3)41-24(40)36-5-4-26(14-36)9-19(10-26)38-22(32)20(23(33)39)21(35-38)16-11-34-37(13-16)12-15-6-17(27(29,30)31)8-18(28)7-15/h6-8,11,13,19H,4-5,9-10,12,14,32H2,1-3H3,(H2,33,39). The molecule has 2 aliphatic rings. The molecule has 5 rings (SSSR count). The summed E-state index contributed by atoms with van der Waals surface area (Å²) in [6, 6.07) is 3.20. The second-order valence-electron chi connectivity index (χ2n) is 11.9. The lowest BCUT2D eigenvalue weighted by molar-refractivity contribution is -0.137. The predicted octanol–water partition coefficient (Wildman–Crippen LogP) is 5.11. The minimum Gasteiger partial charge on any atom is -0.444 e. The first-order valence-electron chi connectivity index (χ1n) is 13.1. The highest BCUT2D eigenvalue weighted by atomic mass is 35.5. The van der Waals surface area contributed by atoms with Crippen LogP contribution in [0.5, 0.6) is 0 Å². The van der Waals surface area contributed by atoms with E-state index in [0.29, 0.717) is 37.1 Å². The van der Waals surface area contributed by atoms with Gasteiger partial charge in [-0.25, -0.2) is 9.48 Å². The fourth-order valence-corrected chi connectivity index (χ4v) is 5.96. The number of nitrogens with two attached hydrogens (primary N) is 2. The van der Waals surface area contributed by atoms with Gasteiger partial charge in [0.1, 0.15) is 22.7 Å². The van der Waals surface area contributed by atoms with E-state index in [1.165, 1.54) is 16.9 Å².